The molecular weight excluding hydrogens is 302 g/mol. The van der Waals surface area contributed by atoms with E-state index in [0.29, 0.717) is 18.1 Å². The monoisotopic (exact) mass is 325 g/mol. The van der Waals surface area contributed by atoms with E-state index in [9.17, 15) is 4.79 Å². The Morgan fingerprint density at radius 1 is 1.17 bits per heavy atom. The first-order valence-corrected chi connectivity index (χ1v) is 7.99. The standard InChI is InChI=1S/C20H23NO3/c1-4-13-24-19-14-16(9-11-18(19)23-3)10-12-20(22)21-17-8-6-5-7-15(17)2/h5-12,14H,4,13H2,1-3H3,(H,21,22)/b12-10+. The highest BCUT2D eigenvalue weighted by atomic mass is 16.5. The second kappa shape index (κ2) is 8.77. The van der Waals surface area contributed by atoms with E-state index in [2.05, 4.69) is 5.32 Å². The van der Waals surface area contributed by atoms with Gasteiger partial charge in [-0.1, -0.05) is 31.2 Å². The minimum absolute atomic E-state index is 0.170. The van der Waals surface area contributed by atoms with Crippen molar-refractivity contribution < 1.29 is 14.3 Å². The van der Waals surface area contributed by atoms with E-state index >= 15 is 0 Å². The predicted molar refractivity (Wildman–Crippen MR) is 97.6 cm³/mol. The number of methoxy groups -OCH3 is 1. The van der Waals surface area contributed by atoms with Crippen LogP contribution < -0.4 is 14.8 Å². The van der Waals surface area contributed by atoms with E-state index in [1.165, 1.54) is 6.08 Å². The van der Waals surface area contributed by atoms with Crippen LogP contribution in [-0.2, 0) is 4.79 Å². The number of aryl methyl sites for hydroxylation is 1. The summed E-state index contributed by atoms with van der Waals surface area (Å²) >= 11 is 0. The van der Waals surface area contributed by atoms with Crippen molar-refractivity contribution in [2.75, 3.05) is 19.0 Å². The van der Waals surface area contributed by atoms with Crippen molar-refractivity contribution in [1.29, 1.82) is 0 Å². The maximum absolute atomic E-state index is 12.1. The molecule has 24 heavy (non-hydrogen) atoms. The van der Waals surface area contributed by atoms with Gasteiger partial charge in [0.05, 0.1) is 13.7 Å². The van der Waals surface area contributed by atoms with Gasteiger partial charge in [-0.3, -0.25) is 4.79 Å². The molecule has 1 N–H and O–H groups in total. The van der Waals surface area contributed by atoms with Crippen molar-refractivity contribution >= 4 is 17.7 Å². The Morgan fingerprint density at radius 2 is 1.96 bits per heavy atom. The number of hydrogen-bond donors (Lipinski definition) is 1. The fraction of sp³-hybridized carbons (Fsp3) is 0.250. The molecule has 0 unspecified atom stereocenters. The normalized spacial score (nSPS) is 10.6. The number of rotatable bonds is 7. The van der Waals surface area contributed by atoms with Gasteiger partial charge in [0.25, 0.3) is 0 Å². The van der Waals surface area contributed by atoms with E-state index < -0.39 is 0 Å². The summed E-state index contributed by atoms with van der Waals surface area (Å²) < 4.78 is 11.0. The van der Waals surface area contributed by atoms with Gasteiger partial charge >= 0.3 is 0 Å². The largest absolute Gasteiger partial charge is 0.493 e. The molecule has 0 saturated heterocycles. The molecule has 126 valence electrons. The first-order valence-electron chi connectivity index (χ1n) is 7.99. The minimum atomic E-state index is -0.170. The summed E-state index contributed by atoms with van der Waals surface area (Å²) in [6, 6.07) is 13.3. The number of nitrogens with one attached hydrogen (secondary N) is 1. The lowest BCUT2D eigenvalue weighted by atomic mass is 10.1. The zero-order valence-electron chi connectivity index (χ0n) is 14.3. The van der Waals surface area contributed by atoms with Gasteiger partial charge in [-0.2, -0.15) is 0 Å². The number of amides is 1. The van der Waals surface area contributed by atoms with Crippen LogP contribution in [0.3, 0.4) is 0 Å². The molecule has 4 nitrogen and oxygen atoms in total. The molecule has 0 aliphatic heterocycles. The molecule has 2 aromatic carbocycles. The van der Waals surface area contributed by atoms with Gasteiger partial charge in [0, 0.05) is 11.8 Å². The predicted octanol–water partition coefficient (Wildman–Crippen LogP) is 4.44. The Kier molecular flexibility index (Phi) is 6.43. The van der Waals surface area contributed by atoms with E-state index in [1.807, 2.05) is 56.3 Å². The van der Waals surface area contributed by atoms with Gasteiger partial charge in [-0.25, -0.2) is 0 Å². The summed E-state index contributed by atoms with van der Waals surface area (Å²) in [6.07, 6.45) is 4.19. The third-order valence-corrected chi connectivity index (χ3v) is 3.48. The van der Waals surface area contributed by atoms with Crippen molar-refractivity contribution in [1.82, 2.24) is 0 Å². The molecule has 0 atom stereocenters. The molecule has 2 rings (SSSR count). The molecular formula is C20H23NO3. The maximum Gasteiger partial charge on any atom is 0.248 e. The summed E-state index contributed by atoms with van der Waals surface area (Å²) in [5, 5.41) is 2.87. The van der Waals surface area contributed by atoms with Gasteiger partial charge in [-0.15, -0.1) is 0 Å². The average molecular weight is 325 g/mol. The number of carbonyl (C=O) groups is 1. The fourth-order valence-electron chi connectivity index (χ4n) is 2.18. The third kappa shape index (κ3) is 4.88. The summed E-state index contributed by atoms with van der Waals surface area (Å²) in [4.78, 5) is 12.1. The van der Waals surface area contributed by atoms with Crippen LogP contribution in [0.1, 0.15) is 24.5 Å². The zero-order chi connectivity index (χ0) is 17.4. The fourth-order valence-corrected chi connectivity index (χ4v) is 2.18. The number of carbonyl (C=O) groups excluding carboxylic acids is 1. The molecule has 0 bridgehead atoms. The van der Waals surface area contributed by atoms with E-state index in [4.69, 9.17) is 9.47 Å². The van der Waals surface area contributed by atoms with Crippen LogP contribution in [0, 0.1) is 6.92 Å². The molecule has 1 amide bonds. The highest BCUT2D eigenvalue weighted by Gasteiger charge is 2.05. The van der Waals surface area contributed by atoms with Gasteiger partial charge in [0.1, 0.15) is 0 Å². The highest BCUT2D eigenvalue weighted by molar-refractivity contribution is 6.02. The number of hydrogen-bond acceptors (Lipinski definition) is 3. The van der Waals surface area contributed by atoms with Crippen LogP contribution in [-0.4, -0.2) is 19.6 Å². The molecule has 0 aromatic heterocycles. The minimum Gasteiger partial charge on any atom is -0.493 e. The third-order valence-electron chi connectivity index (χ3n) is 3.48. The van der Waals surface area contributed by atoms with Gasteiger partial charge in [-0.05, 0) is 48.7 Å². The second-order valence-electron chi connectivity index (χ2n) is 5.40. The van der Waals surface area contributed by atoms with Crippen LogP contribution in [0.25, 0.3) is 6.08 Å². The Morgan fingerprint density at radius 3 is 2.67 bits per heavy atom. The van der Waals surface area contributed by atoms with Crippen molar-refractivity contribution in [3.05, 3.63) is 59.7 Å². The quantitative estimate of drug-likeness (QED) is 0.765. The van der Waals surface area contributed by atoms with Crippen molar-refractivity contribution in [2.24, 2.45) is 0 Å². The lowest BCUT2D eigenvalue weighted by Gasteiger charge is -2.10. The topological polar surface area (TPSA) is 47.6 Å². The summed E-state index contributed by atoms with van der Waals surface area (Å²) in [5.74, 6) is 1.20. The zero-order valence-corrected chi connectivity index (χ0v) is 14.3. The molecule has 0 spiro atoms. The van der Waals surface area contributed by atoms with Crippen molar-refractivity contribution in [3.63, 3.8) is 0 Å². The van der Waals surface area contributed by atoms with Crippen LogP contribution >= 0.6 is 0 Å². The molecule has 0 aliphatic carbocycles. The Hall–Kier alpha value is -2.75. The van der Waals surface area contributed by atoms with Crippen molar-refractivity contribution in [2.45, 2.75) is 20.3 Å². The molecule has 4 heteroatoms. The van der Waals surface area contributed by atoms with Gasteiger partial charge in [0.15, 0.2) is 11.5 Å². The second-order valence-corrected chi connectivity index (χ2v) is 5.40. The van der Waals surface area contributed by atoms with Gasteiger partial charge < -0.3 is 14.8 Å². The van der Waals surface area contributed by atoms with Crippen LogP contribution in [0.4, 0.5) is 5.69 Å². The van der Waals surface area contributed by atoms with E-state index in [0.717, 1.165) is 23.2 Å². The van der Waals surface area contributed by atoms with Crippen molar-refractivity contribution in [3.8, 4) is 11.5 Å². The molecule has 0 heterocycles. The Bertz CT molecular complexity index is 723. The Balaban J connectivity index is 2.07. The smallest absolute Gasteiger partial charge is 0.248 e. The molecule has 0 aliphatic rings. The molecule has 0 radical (unpaired) electrons. The number of benzene rings is 2. The first kappa shape index (κ1) is 17.6. The van der Waals surface area contributed by atoms with E-state index in [-0.39, 0.29) is 5.91 Å². The Labute approximate surface area is 143 Å². The maximum atomic E-state index is 12.1. The summed E-state index contributed by atoms with van der Waals surface area (Å²) in [5.41, 5.74) is 2.72. The SMILES string of the molecule is CCCOc1cc(/C=C/C(=O)Nc2ccccc2C)ccc1OC. The summed E-state index contributed by atoms with van der Waals surface area (Å²) in [7, 11) is 1.61. The number of ether oxygens (including phenoxy) is 2. The molecule has 0 saturated carbocycles. The average Bonchev–Trinajstić information content (AvgIpc) is 2.60. The highest BCUT2D eigenvalue weighted by Crippen LogP contribution is 2.28. The van der Waals surface area contributed by atoms with Crippen LogP contribution in [0.5, 0.6) is 11.5 Å². The first-order chi connectivity index (χ1) is 11.6. The lowest BCUT2D eigenvalue weighted by Crippen LogP contribution is -2.08. The number of anilines is 1. The lowest BCUT2D eigenvalue weighted by molar-refractivity contribution is -0.111. The summed E-state index contributed by atoms with van der Waals surface area (Å²) in [6.45, 7) is 4.63. The van der Waals surface area contributed by atoms with Crippen LogP contribution in [0.2, 0.25) is 0 Å². The molecule has 0 fully saturated rings. The number of para-hydroxylation sites is 1. The van der Waals surface area contributed by atoms with Crippen LogP contribution in [0.15, 0.2) is 48.5 Å². The van der Waals surface area contributed by atoms with E-state index in [1.54, 1.807) is 13.2 Å². The van der Waals surface area contributed by atoms with Gasteiger partial charge in [0.2, 0.25) is 5.91 Å². The molecule has 2 aromatic rings.